The normalized spacial score (nSPS) is 38.6. The molecule has 0 N–H and O–H groups in total. The van der Waals surface area contributed by atoms with Crippen molar-refractivity contribution in [1.82, 2.24) is 0 Å². The molecular formula is C23H36O2. The molecule has 0 amide bonds. The lowest BCUT2D eigenvalue weighted by Crippen LogP contribution is -2.38. The van der Waals surface area contributed by atoms with Gasteiger partial charge in [0.2, 0.25) is 0 Å². The molecule has 25 heavy (non-hydrogen) atoms. The van der Waals surface area contributed by atoms with Crippen LogP contribution in [0, 0.1) is 28.6 Å². The maximum atomic E-state index is 13.2. The van der Waals surface area contributed by atoms with Gasteiger partial charge in [0, 0.05) is 11.0 Å². The first-order valence-electron chi connectivity index (χ1n) is 10.8. The largest absolute Gasteiger partial charge is 0.458 e. The number of carbonyl (C=O) groups is 1. The Bertz CT molecular complexity index is 548. The van der Waals surface area contributed by atoms with Crippen molar-refractivity contribution in [2.75, 3.05) is 0 Å². The Labute approximate surface area is 153 Å². The Morgan fingerprint density at radius 2 is 1.60 bits per heavy atom. The average molecular weight is 345 g/mol. The van der Waals surface area contributed by atoms with E-state index in [0.29, 0.717) is 17.3 Å². The molecule has 0 aromatic rings. The van der Waals surface area contributed by atoms with E-state index in [1.807, 2.05) is 0 Å². The van der Waals surface area contributed by atoms with Gasteiger partial charge in [-0.2, -0.15) is 0 Å². The maximum Gasteiger partial charge on any atom is 0.334 e. The Kier molecular flexibility index (Phi) is 4.53. The molecule has 0 spiro atoms. The van der Waals surface area contributed by atoms with Crippen LogP contribution in [0.25, 0.3) is 0 Å². The summed E-state index contributed by atoms with van der Waals surface area (Å²) in [6.45, 7) is 7.16. The third-order valence-corrected chi connectivity index (χ3v) is 8.81. The monoisotopic (exact) mass is 344 g/mol. The summed E-state index contributed by atoms with van der Waals surface area (Å²) in [5.74, 6) is 1.85. The molecule has 140 valence electrons. The van der Waals surface area contributed by atoms with E-state index in [1.165, 1.54) is 64.2 Å². The van der Waals surface area contributed by atoms with Crippen molar-refractivity contribution in [3.05, 3.63) is 11.6 Å². The maximum absolute atomic E-state index is 13.2. The molecule has 0 aromatic heterocycles. The Morgan fingerprint density at radius 1 is 0.960 bits per heavy atom. The molecule has 2 nitrogen and oxygen atoms in total. The molecule has 4 saturated carbocycles. The Morgan fingerprint density at radius 3 is 2.16 bits per heavy atom. The van der Waals surface area contributed by atoms with Crippen molar-refractivity contribution in [3.63, 3.8) is 0 Å². The first-order valence-corrected chi connectivity index (χ1v) is 10.8. The standard InChI is InChI=1S/C23H36O2/c1-22(2)18-12-13-23(22,3)20(15-18)25-21(24)19(17-10-6-7-11-17)14-16-8-4-5-9-16/h14,16-18,20H,4-13,15H2,1-3H3/b19-14+. The first kappa shape index (κ1) is 17.6. The van der Waals surface area contributed by atoms with E-state index < -0.39 is 0 Å². The molecule has 0 aromatic carbocycles. The van der Waals surface area contributed by atoms with Crippen molar-refractivity contribution >= 4 is 5.97 Å². The molecule has 0 heterocycles. The predicted octanol–water partition coefficient (Wildman–Crippen LogP) is 6.05. The third kappa shape index (κ3) is 2.88. The van der Waals surface area contributed by atoms with Crippen LogP contribution >= 0.6 is 0 Å². The number of ether oxygens (including phenoxy) is 1. The predicted molar refractivity (Wildman–Crippen MR) is 101 cm³/mol. The molecular weight excluding hydrogens is 308 g/mol. The zero-order chi connectivity index (χ0) is 17.7. The fourth-order valence-corrected chi connectivity index (χ4v) is 6.49. The van der Waals surface area contributed by atoms with Crippen LogP contribution in [0.5, 0.6) is 0 Å². The number of hydrogen-bond acceptors (Lipinski definition) is 2. The van der Waals surface area contributed by atoms with Crippen LogP contribution in [0.1, 0.15) is 91.4 Å². The SMILES string of the molecule is CC1(C)C2CCC1(C)C(OC(=O)/C(=C/C1CCCC1)C1CCCC1)C2. The quantitative estimate of drug-likeness (QED) is 0.458. The molecule has 4 rings (SSSR count). The highest BCUT2D eigenvalue weighted by Crippen LogP contribution is 2.66. The summed E-state index contributed by atoms with van der Waals surface area (Å²) in [6, 6.07) is 0. The second kappa shape index (κ2) is 6.43. The van der Waals surface area contributed by atoms with Crippen LogP contribution in [-0.4, -0.2) is 12.1 Å². The van der Waals surface area contributed by atoms with Gasteiger partial charge in [0.25, 0.3) is 0 Å². The minimum atomic E-state index is 0.0355. The minimum Gasteiger partial charge on any atom is -0.458 e. The summed E-state index contributed by atoms with van der Waals surface area (Å²) < 4.78 is 6.26. The summed E-state index contributed by atoms with van der Waals surface area (Å²) in [4.78, 5) is 13.2. The summed E-state index contributed by atoms with van der Waals surface area (Å²) >= 11 is 0. The van der Waals surface area contributed by atoms with Gasteiger partial charge in [0.15, 0.2) is 0 Å². The van der Waals surface area contributed by atoms with E-state index in [-0.39, 0.29) is 17.5 Å². The van der Waals surface area contributed by atoms with Crippen molar-refractivity contribution in [1.29, 1.82) is 0 Å². The lowest BCUT2D eigenvalue weighted by Gasteiger charge is -2.38. The van der Waals surface area contributed by atoms with E-state index in [2.05, 4.69) is 26.8 Å². The van der Waals surface area contributed by atoms with Gasteiger partial charge in [-0.15, -0.1) is 0 Å². The van der Waals surface area contributed by atoms with Gasteiger partial charge < -0.3 is 4.74 Å². The van der Waals surface area contributed by atoms with Gasteiger partial charge in [-0.1, -0.05) is 52.5 Å². The van der Waals surface area contributed by atoms with Crippen LogP contribution in [0.2, 0.25) is 0 Å². The van der Waals surface area contributed by atoms with Gasteiger partial charge in [-0.05, 0) is 68.1 Å². The average Bonchev–Trinajstić information content (AvgIpc) is 3.32. The summed E-state index contributed by atoms with van der Waals surface area (Å²) in [5.41, 5.74) is 1.52. The van der Waals surface area contributed by atoms with Crippen LogP contribution in [0.15, 0.2) is 11.6 Å². The molecule has 3 unspecified atom stereocenters. The lowest BCUT2D eigenvalue weighted by atomic mass is 9.70. The number of carbonyl (C=O) groups excluding carboxylic acids is 1. The highest BCUT2D eigenvalue weighted by Gasteiger charge is 2.63. The molecule has 4 fully saturated rings. The zero-order valence-electron chi connectivity index (χ0n) is 16.5. The van der Waals surface area contributed by atoms with E-state index in [0.717, 1.165) is 17.9 Å². The zero-order valence-corrected chi connectivity index (χ0v) is 16.5. The second-order valence-corrected chi connectivity index (χ2v) is 10.2. The van der Waals surface area contributed by atoms with Gasteiger partial charge >= 0.3 is 5.97 Å². The van der Waals surface area contributed by atoms with Gasteiger partial charge in [-0.3, -0.25) is 0 Å². The lowest BCUT2D eigenvalue weighted by molar-refractivity contribution is -0.152. The van der Waals surface area contributed by atoms with Gasteiger partial charge in [-0.25, -0.2) is 4.79 Å². The minimum absolute atomic E-state index is 0.0355. The fraction of sp³-hybridized carbons (Fsp3) is 0.870. The molecule has 2 heteroatoms. The molecule has 4 aliphatic carbocycles. The first-order chi connectivity index (χ1) is 11.9. The van der Waals surface area contributed by atoms with E-state index in [4.69, 9.17) is 4.74 Å². The number of esters is 1. The van der Waals surface area contributed by atoms with Crippen molar-refractivity contribution < 1.29 is 9.53 Å². The van der Waals surface area contributed by atoms with E-state index in [9.17, 15) is 4.79 Å². The molecule has 0 saturated heterocycles. The van der Waals surface area contributed by atoms with Crippen molar-refractivity contribution in [3.8, 4) is 0 Å². The molecule has 4 aliphatic rings. The molecule has 2 bridgehead atoms. The summed E-state index contributed by atoms with van der Waals surface area (Å²) in [6.07, 6.45) is 16.2. The van der Waals surface area contributed by atoms with Crippen LogP contribution in [0.4, 0.5) is 0 Å². The van der Waals surface area contributed by atoms with Crippen LogP contribution in [-0.2, 0) is 9.53 Å². The van der Waals surface area contributed by atoms with Gasteiger partial charge in [0.05, 0.1) is 0 Å². The van der Waals surface area contributed by atoms with Crippen LogP contribution in [0.3, 0.4) is 0 Å². The summed E-state index contributed by atoms with van der Waals surface area (Å²) in [5, 5.41) is 0. The topological polar surface area (TPSA) is 26.3 Å². The van der Waals surface area contributed by atoms with Gasteiger partial charge in [0.1, 0.15) is 6.10 Å². The molecule has 0 aliphatic heterocycles. The number of hydrogen-bond donors (Lipinski definition) is 0. The third-order valence-electron chi connectivity index (χ3n) is 8.81. The van der Waals surface area contributed by atoms with E-state index in [1.54, 1.807) is 0 Å². The highest BCUT2D eigenvalue weighted by atomic mass is 16.5. The summed E-state index contributed by atoms with van der Waals surface area (Å²) in [7, 11) is 0. The number of allylic oxidation sites excluding steroid dienone is 1. The Balaban J connectivity index is 1.51. The molecule has 3 atom stereocenters. The fourth-order valence-electron chi connectivity index (χ4n) is 6.49. The smallest absolute Gasteiger partial charge is 0.334 e. The number of rotatable bonds is 4. The molecule has 0 radical (unpaired) electrons. The van der Waals surface area contributed by atoms with Crippen LogP contribution < -0.4 is 0 Å². The number of fused-ring (bicyclic) bond motifs is 2. The second-order valence-electron chi connectivity index (χ2n) is 10.2. The van der Waals surface area contributed by atoms with E-state index >= 15 is 0 Å². The Hall–Kier alpha value is -0.790. The van der Waals surface area contributed by atoms with Crippen molar-refractivity contribution in [2.24, 2.45) is 28.6 Å². The van der Waals surface area contributed by atoms with Crippen molar-refractivity contribution in [2.45, 2.75) is 97.5 Å². The highest BCUT2D eigenvalue weighted by molar-refractivity contribution is 5.89.